The van der Waals surface area contributed by atoms with Gasteiger partial charge in [0, 0.05) is 5.70 Å². The zero-order valence-corrected chi connectivity index (χ0v) is 16.4. The van der Waals surface area contributed by atoms with Crippen molar-refractivity contribution in [2.24, 2.45) is 0 Å². The molecule has 9 nitrogen and oxygen atoms in total. The van der Waals surface area contributed by atoms with Crippen LogP contribution in [0.5, 0.6) is 0 Å². The van der Waals surface area contributed by atoms with Gasteiger partial charge in [-0.2, -0.15) is 0 Å². The maximum absolute atomic E-state index is 12.5. The summed E-state index contributed by atoms with van der Waals surface area (Å²) in [6.45, 7) is 3.40. The third-order valence-corrected chi connectivity index (χ3v) is 4.92. The number of hydrogen-bond acceptors (Lipinski definition) is 6. The van der Waals surface area contributed by atoms with Gasteiger partial charge >= 0.3 is 12.0 Å². The first kappa shape index (κ1) is 19.4. The lowest BCUT2D eigenvalue weighted by Gasteiger charge is -2.26. The van der Waals surface area contributed by atoms with E-state index >= 15 is 0 Å². The third-order valence-electron chi connectivity index (χ3n) is 4.92. The number of furan rings is 1. The molecular weight excluding hydrogens is 390 g/mol. The topological polar surface area (TPSA) is 118 Å². The Kier molecular flexibility index (Phi) is 4.86. The number of imide groups is 1. The number of nitrogens with one attached hydrogen (secondary N) is 2. The summed E-state index contributed by atoms with van der Waals surface area (Å²) in [5.74, 6) is -0.740. The zero-order chi connectivity index (χ0) is 21.4. The fraction of sp³-hybridized carbons (Fsp3) is 0.238. The second-order valence-corrected chi connectivity index (χ2v) is 6.84. The molecule has 0 unspecified atom stereocenters. The molecule has 0 fully saturated rings. The molecule has 2 N–H and O–H groups in total. The highest BCUT2D eigenvalue weighted by molar-refractivity contribution is 6.21. The molecule has 3 heterocycles. The van der Waals surface area contributed by atoms with E-state index in [0.717, 1.165) is 4.90 Å². The van der Waals surface area contributed by atoms with E-state index in [2.05, 4.69) is 10.6 Å². The first-order valence-corrected chi connectivity index (χ1v) is 9.40. The average molecular weight is 409 g/mol. The van der Waals surface area contributed by atoms with Crippen molar-refractivity contribution < 1.29 is 28.3 Å². The van der Waals surface area contributed by atoms with Crippen LogP contribution >= 0.6 is 0 Å². The van der Waals surface area contributed by atoms with Gasteiger partial charge < -0.3 is 19.8 Å². The van der Waals surface area contributed by atoms with Crippen molar-refractivity contribution in [3.8, 4) is 0 Å². The normalized spacial score (nSPS) is 18.3. The summed E-state index contributed by atoms with van der Waals surface area (Å²) in [5, 5.41) is 5.19. The van der Waals surface area contributed by atoms with Gasteiger partial charge in [-0.05, 0) is 38.1 Å². The van der Waals surface area contributed by atoms with E-state index in [0.29, 0.717) is 28.3 Å². The van der Waals surface area contributed by atoms with Crippen molar-refractivity contribution in [1.29, 1.82) is 0 Å². The molecule has 4 rings (SSSR count). The number of benzene rings is 1. The number of urea groups is 1. The Labute approximate surface area is 171 Å². The second-order valence-electron chi connectivity index (χ2n) is 6.84. The molecule has 0 saturated heterocycles. The summed E-state index contributed by atoms with van der Waals surface area (Å²) in [7, 11) is 0. The SMILES string of the molecule is CCOC(=O)C1=C(C)NC(=O)N[C@@H]1c1ccc(CN2C(=O)c3ccccc3C2=O)o1. The molecule has 0 radical (unpaired) electrons. The molecule has 0 bridgehead atoms. The molecule has 154 valence electrons. The maximum Gasteiger partial charge on any atom is 0.338 e. The fourth-order valence-electron chi connectivity index (χ4n) is 3.56. The van der Waals surface area contributed by atoms with Crippen molar-refractivity contribution in [1.82, 2.24) is 15.5 Å². The first-order valence-electron chi connectivity index (χ1n) is 9.40. The molecule has 30 heavy (non-hydrogen) atoms. The van der Waals surface area contributed by atoms with Crippen LogP contribution < -0.4 is 10.6 Å². The molecule has 0 spiro atoms. The van der Waals surface area contributed by atoms with Crippen LogP contribution in [-0.2, 0) is 16.1 Å². The Morgan fingerprint density at radius 3 is 2.40 bits per heavy atom. The third kappa shape index (κ3) is 3.24. The smallest absolute Gasteiger partial charge is 0.338 e. The summed E-state index contributed by atoms with van der Waals surface area (Å²) < 4.78 is 10.9. The molecule has 9 heteroatoms. The number of ether oxygens (including phenoxy) is 1. The van der Waals surface area contributed by atoms with Gasteiger partial charge in [0.2, 0.25) is 0 Å². The molecule has 2 aliphatic heterocycles. The number of amides is 4. The Morgan fingerprint density at radius 2 is 1.77 bits per heavy atom. The van der Waals surface area contributed by atoms with Crippen LogP contribution in [0.25, 0.3) is 0 Å². The van der Waals surface area contributed by atoms with E-state index in [1.807, 2.05) is 0 Å². The van der Waals surface area contributed by atoms with Gasteiger partial charge in [-0.25, -0.2) is 9.59 Å². The molecule has 2 aliphatic rings. The number of nitrogens with zero attached hydrogens (tertiary/aromatic N) is 1. The molecule has 0 saturated carbocycles. The van der Waals surface area contributed by atoms with Gasteiger partial charge in [-0.3, -0.25) is 14.5 Å². The van der Waals surface area contributed by atoms with E-state index in [-0.39, 0.29) is 18.7 Å². The fourth-order valence-corrected chi connectivity index (χ4v) is 3.56. The molecule has 1 aromatic carbocycles. The number of hydrogen-bond donors (Lipinski definition) is 2. The van der Waals surface area contributed by atoms with E-state index in [1.54, 1.807) is 50.2 Å². The number of fused-ring (bicyclic) bond motifs is 1. The van der Waals surface area contributed by atoms with Crippen LogP contribution in [0.3, 0.4) is 0 Å². The monoisotopic (exact) mass is 409 g/mol. The molecule has 1 aromatic heterocycles. The number of carbonyl (C=O) groups excluding carboxylic acids is 4. The van der Waals surface area contributed by atoms with Crippen molar-refractivity contribution in [2.75, 3.05) is 6.61 Å². The minimum atomic E-state index is -0.853. The summed E-state index contributed by atoms with van der Waals surface area (Å²) in [4.78, 5) is 50.5. The van der Waals surface area contributed by atoms with Gasteiger partial charge in [-0.1, -0.05) is 12.1 Å². The molecule has 4 amide bonds. The Bertz CT molecular complexity index is 1060. The number of rotatable bonds is 5. The largest absolute Gasteiger partial charge is 0.463 e. The van der Waals surface area contributed by atoms with E-state index < -0.39 is 29.9 Å². The highest BCUT2D eigenvalue weighted by atomic mass is 16.5. The number of carbonyl (C=O) groups is 4. The van der Waals surface area contributed by atoms with Gasteiger partial charge in [0.1, 0.15) is 17.6 Å². The van der Waals surface area contributed by atoms with Crippen molar-refractivity contribution in [3.63, 3.8) is 0 Å². The van der Waals surface area contributed by atoms with Gasteiger partial charge in [0.25, 0.3) is 11.8 Å². The minimum Gasteiger partial charge on any atom is -0.463 e. The second kappa shape index (κ2) is 7.51. The Balaban J connectivity index is 1.59. The lowest BCUT2D eigenvalue weighted by molar-refractivity contribution is -0.139. The van der Waals surface area contributed by atoms with E-state index in [9.17, 15) is 19.2 Å². The number of allylic oxidation sites excluding steroid dienone is 1. The van der Waals surface area contributed by atoms with Crippen LogP contribution in [0.1, 0.15) is 52.1 Å². The standard InChI is InChI=1S/C21H19N3O6/c1-3-29-20(27)16-11(2)22-21(28)23-17(16)15-9-8-12(30-15)10-24-18(25)13-6-4-5-7-14(13)19(24)26/h4-9,17H,3,10H2,1-2H3,(H2,22,23,28)/t17-/m1/s1. The highest BCUT2D eigenvalue weighted by Crippen LogP contribution is 2.30. The molecule has 1 atom stereocenters. The average Bonchev–Trinajstić information content (AvgIpc) is 3.27. The molecule has 0 aliphatic carbocycles. The van der Waals surface area contributed by atoms with Crippen LogP contribution in [0.4, 0.5) is 4.79 Å². The zero-order valence-electron chi connectivity index (χ0n) is 16.4. The van der Waals surface area contributed by atoms with Gasteiger partial charge in [0.15, 0.2) is 0 Å². The summed E-state index contributed by atoms with van der Waals surface area (Å²) >= 11 is 0. The van der Waals surface area contributed by atoms with Crippen LogP contribution in [0.15, 0.2) is 52.1 Å². The highest BCUT2D eigenvalue weighted by Gasteiger charge is 2.37. The first-order chi connectivity index (χ1) is 14.4. The Morgan fingerprint density at radius 1 is 1.10 bits per heavy atom. The van der Waals surface area contributed by atoms with Crippen molar-refractivity contribution in [3.05, 3.63) is 70.3 Å². The molecular formula is C21H19N3O6. The van der Waals surface area contributed by atoms with Crippen molar-refractivity contribution in [2.45, 2.75) is 26.4 Å². The van der Waals surface area contributed by atoms with Crippen LogP contribution in [0.2, 0.25) is 0 Å². The lowest BCUT2D eigenvalue weighted by atomic mass is 10.0. The number of esters is 1. The minimum absolute atomic E-state index is 0.0668. The van der Waals surface area contributed by atoms with Crippen LogP contribution in [0, 0.1) is 0 Å². The predicted octanol–water partition coefficient (Wildman–Crippen LogP) is 2.27. The van der Waals surface area contributed by atoms with Gasteiger partial charge in [-0.15, -0.1) is 0 Å². The van der Waals surface area contributed by atoms with E-state index in [4.69, 9.17) is 9.15 Å². The Hall–Kier alpha value is -3.88. The van der Waals surface area contributed by atoms with Gasteiger partial charge in [0.05, 0.1) is 29.9 Å². The summed E-state index contributed by atoms with van der Waals surface area (Å²) in [6, 6.07) is 8.46. The summed E-state index contributed by atoms with van der Waals surface area (Å²) in [5.41, 5.74) is 1.28. The summed E-state index contributed by atoms with van der Waals surface area (Å²) in [6.07, 6.45) is 0. The molecule has 2 aromatic rings. The van der Waals surface area contributed by atoms with E-state index in [1.165, 1.54) is 0 Å². The maximum atomic E-state index is 12.5. The van der Waals surface area contributed by atoms with Crippen molar-refractivity contribution >= 4 is 23.8 Å². The lowest BCUT2D eigenvalue weighted by Crippen LogP contribution is -2.45. The quantitative estimate of drug-likeness (QED) is 0.578. The van der Waals surface area contributed by atoms with Crippen LogP contribution in [-0.4, -0.2) is 35.3 Å². The predicted molar refractivity (Wildman–Crippen MR) is 103 cm³/mol.